The van der Waals surface area contributed by atoms with Crippen molar-refractivity contribution < 1.29 is 13.6 Å². The Morgan fingerprint density at radius 1 is 1.62 bits per heavy atom. The first-order valence-electron chi connectivity index (χ1n) is 3.15. The van der Waals surface area contributed by atoms with Crippen molar-refractivity contribution in [2.24, 2.45) is 0 Å². The molecular formula is C7H3BrClF2NO. The Kier molecular flexibility index (Phi) is 3.33. The lowest BCUT2D eigenvalue weighted by molar-refractivity contribution is 0.110. The quantitative estimate of drug-likeness (QED) is 0.610. The van der Waals surface area contributed by atoms with E-state index in [1.807, 2.05) is 0 Å². The highest BCUT2D eigenvalue weighted by Gasteiger charge is 2.16. The molecule has 0 bridgehead atoms. The van der Waals surface area contributed by atoms with E-state index in [1.165, 1.54) is 0 Å². The van der Waals surface area contributed by atoms with Crippen LogP contribution in [0.25, 0.3) is 0 Å². The van der Waals surface area contributed by atoms with Gasteiger partial charge in [0, 0.05) is 5.56 Å². The lowest BCUT2D eigenvalue weighted by atomic mass is 10.2. The Morgan fingerprint density at radius 2 is 2.23 bits per heavy atom. The van der Waals surface area contributed by atoms with Gasteiger partial charge in [0.1, 0.15) is 10.8 Å². The van der Waals surface area contributed by atoms with Crippen LogP contribution in [-0.2, 0) is 0 Å². The van der Waals surface area contributed by atoms with Gasteiger partial charge < -0.3 is 0 Å². The van der Waals surface area contributed by atoms with E-state index in [-0.39, 0.29) is 21.6 Å². The number of hydrogen-bond donors (Lipinski definition) is 0. The third-order valence-electron chi connectivity index (χ3n) is 1.34. The minimum Gasteiger partial charge on any atom is -0.296 e. The molecule has 6 heteroatoms. The fourth-order valence-electron chi connectivity index (χ4n) is 0.763. The summed E-state index contributed by atoms with van der Waals surface area (Å²) in [5, 5.41) is -0.00787. The highest BCUT2D eigenvalue weighted by atomic mass is 79.9. The van der Waals surface area contributed by atoms with Gasteiger partial charge in [0.05, 0.1) is 4.47 Å². The molecule has 0 aliphatic carbocycles. The van der Waals surface area contributed by atoms with Gasteiger partial charge in [-0.1, -0.05) is 11.6 Å². The monoisotopic (exact) mass is 269 g/mol. The summed E-state index contributed by atoms with van der Waals surface area (Å²) in [6.45, 7) is 0. The van der Waals surface area contributed by atoms with E-state index in [2.05, 4.69) is 20.9 Å². The normalized spacial score (nSPS) is 10.5. The second-order valence-corrected chi connectivity index (χ2v) is 3.37. The Labute approximate surface area is 86.0 Å². The first-order chi connectivity index (χ1) is 6.06. The fraction of sp³-hybridized carbons (Fsp3) is 0.143. The average Bonchev–Trinajstić information content (AvgIpc) is 2.08. The van der Waals surface area contributed by atoms with Crippen LogP contribution in [0.1, 0.15) is 22.5 Å². The smallest absolute Gasteiger partial charge is 0.266 e. The maximum atomic E-state index is 12.3. The van der Waals surface area contributed by atoms with Gasteiger partial charge in [0.2, 0.25) is 0 Å². The molecular weight excluding hydrogens is 267 g/mol. The van der Waals surface area contributed by atoms with E-state index in [4.69, 9.17) is 11.6 Å². The van der Waals surface area contributed by atoms with Crippen molar-refractivity contribution in [1.82, 2.24) is 4.98 Å². The summed E-state index contributed by atoms with van der Waals surface area (Å²) in [5.41, 5.74) is -0.755. The molecule has 0 spiro atoms. The largest absolute Gasteiger partial charge is 0.296 e. The van der Waals surface area contributed by atoms with Crippen molar-refractivity contribution in [2.75, 3.05) is 0 Å². The molecule has 0 N–H and O–H groups in total. The van der Waals surface area contributed by atoms with E-state index >= 15 is 0 Å². The molecule has 1 aromatic rings. The van der Waals surface area contributed by atoms with Crippen molar-refractivity contribution in [1.29, 1.82) is 0 Å². The molecule has 0 aliphatic rings. The predicted octanol–water partition coefficient (Wildman–Crippen LogP) is 3.25. The van der Waals surface area contributed by atoms with E-state index in [0.717, 1.165) is 6.07 Å². The predicted molar refractivity (Wildman–Crippen MR) is 47.3 cm³/mol. The van der Waals surface area contributed by atoms with Crippen LogP contribution in [0.5, 0.6) is 0 Å². The van der Waals surface area contributed by atoms with Crippen molar-refractivity contribution in [2.45, 2.75) is 6.43 Å². The molecule has 0 aliphatic heterocycles. The number of carbonyl (C=O) groups is 1. The Hall–Kier alpha value is -0.550. The highest BCUT2D eigenvalue weighted by Crippen LogP contribution is 2.28. The van der Waals surface area contributed by atoms with Crippen molar-refractivity contribution in [3.05, 3.63) is 26.9 Å². The van der Waals surface area contributed by atoms with Crippen molar-refractivity contribution >= 4 is 33.8 Å². The third kappa shape index (κ3) is 2.22. The van der Waals surface area contributed by atoms with E-state index in [9.17, 15) is 13.6 Å². The molecule has 1 heterocycles. The first kappa shape index (κ1) is 10.5. The number of alkyl halides is 2. The Bertz CT molecular complexity index is 346. The second-order valence-electron chi connectivity index (χ2n) is 2.15. The molecule has 70 valence electrons. The standard InChI is InChI=1S/C7H3BrClF2NO/c8-4-1-3(7(10)11)5(2-13)12-6(4)9/h1-2,7H. The SMILES string of the molecule is O=Cc1nc(Cl)c(Br)cc1C(F)F. The average molecular weight is 270 g/mol. The summed E-state index contributed by atoms with van der Waals surface area (Å²) >= 11 is 8.44. The molecule has 1 aromatic heterocycles. The number of hydrogen-bond acceptors (Lipinski definition) is 2. The molecule has 2 nitrogen and oxygen atoms in total. The van der Waals surface area contributed by atoms with Gasteiger partial charge in [-0.25, -0.2) is 13.8 Å². The van der Waals surface area contributed by atoms with E-state index in [0.29, 0.717) is 0 Å². The zero-order valence-corrected chi connectivity index (χ0v) is 8.44. The van der Waals surface area contributed by atoms with E-state index in [1.54, 1.807) is 0 Å². The number of halogens is 4. The van der Waals surface area contributed by atoms with Crippen molar-refractivity contribution in [3.8, 4) is 0 Å². The van der Waals surface area contributed by atoms with Crippen molar-refractivity contribution in [3.63, 3.8) is 0 Å². The molecule has 13 heavy (non-hydrogen) atoms. The van der Waals surface area contributed by atoms with Crippen LogP contribution in [-0.4, -0.2) is 11.3 Å². The molecule has 0 fully saturated rings. The summed E-state index contributed by atoms with van der Waals surface area (Å²) in [5.74, 6) is 0. The Morgan fingerprint density at radius 3 is 2.69 bits per heavy atom. The summed E-state index contributed by atoms with van der Waals surface area (Å²) in [6.07, 6.45) is -2.49. The van der Waals surface area contributed by atoms with Crippen LogP contribution < -0.4 is 0 Å². The maximum absolute atomic E-state index is 12.3. The summed E-state index contributed by atoms with van der Waals surface area (Å²) in [7, 11) is 0. The minimum atomic E-state index is -2.73. The van der Waals surface area contributed by atoms with E-state index < -0.39 is 12.0 Å². The number of carbonyl (C=O) groups excluding carboxylic acids is 1. The van der Waals surface area contributed by atoms with Crippen LogP contribution in [0.4, 0.5) is 8.78 Å². The van der Waals surface area contributed by atoms with Gasteiger partial charge in [-0.2, -0.15) is 0 Å². The molecule has 0 aromatic carbocycles. The second kappa shape index (κ2) is 4.11. The van der Waals surface area contributed by atoms with Crippen LogP contribution >= 0.6 is 27.5 Å². The summed E-state index contributed by atoms with van der Waals surface area (Å²) in [4.78, 5) is 13.8. The highest BCUT2D eigenvalue weighted by molar-refractivity contribution is 9.10. The zero-order chi connectivity index (χ0) is 10.0. The van der Waals surface area contributed by atoms with Gasteiger partial charge in [-0.15, -0.1) is 0 Å². The van der Waals surface area contributed by atoms with Gasteiger partial charge in [0.25, 0.3) is 6.43 Å². The minimum absolute atomic E-state index is 0.00787. The molecule has 0 saturated carbocycles. The lowest BCUT2D eigenvalue weighted by Gasteiger charge is -2.04. The third-order valence-corrected chi connectivity index (χ3v) is 2.46. The van der Waals surface area contributed by atoms with Gasteiger partial charge >= 0.3 is 0 Å². The van der Waals surface area contributed by atoms with Gasteiger partial charge in [0.15, 0.2) is 6.29 Å². The van der Waals surface area contributed by atoms with Gasteiger partial charge in [-0.05, 0) is 22.0 Å². The number of nitrogens with zero attached hydrogens (tertiary/aromatic N) is 1. The summed E-state index contributed by atoms with van der Waals surface area (Å²) in [6, 6.07) is 1.09. The first-order valence-corrected chi connectivity index (χ1v) is 4.32. The maximum Gasteiger partial charge on any atom is 0.266 e. The number of aldehydes is 1. The molecule has 0 saturated heterocycles. The molecule has 0 unspecified atom stereocenters. The van der Waals surface area contributed by atoms with Gasteiger partial charge in [-0.3, -0.25) is 4.79 Å². The lowest BCUT2D eigenvalue weighted by Crippen LogP contribution is -1.97. The topological polar surface area (TPSA) is 30.0 Å². The molecule has 0 amide bonds. The number of pyridine rings is 1. The molecule has 0 atom stereocenters. The van der Waals surface area contributed by atoms with Crippen LogP contribution in [0, 0.1) is 0 Å². The van der Waals surface area contributed by atoms with Crippen LogP contribution in [0.2, 0.25) is 5.15 Å². The Balaban J connectivity index is 3.32. The summed E-state index contributed by atoms with van der Waals surface area (Å²) < 4.78 is 24.8. The molecule has 0 radical (unpaired) electrons. The zero-order valence-electron chi connectivity index (χ0n) is 6.10. The van der Waals surface area contributed by atoms with Crippen LogP contribution in [0.3, 0.4) is 0 Å². The number of rotatable bonds is 2. The molecule has 1 rings (SSSR count). The van der Waals surface area contributed by atoms with Crippen LogP contribution in [0.15, 0.2) is 10.5 Å². The number of aromatic nitrogens is 1. The fourth-order valence-corrected chi connectivity index (χ4v) is 1.24.